The van der Waals surface area contributed by atoms with Crippen LogP contribution < -0.4 is 21.3 Å². The van der Waals surface area contributed by atoms with E-state index < -0.39 is 0 Å². The second-order valence-corrected chi connectivity index (χ2v) is 9.40. The van der Waals surface area contributed by atoms with Crippen LogP contribution >= 0.6 is 24.0 Å². The number of nitrogens with one attached hydrogen (secondary N) is 2. The fourth-order valence-electron chi connectivity index (χ4n) is 4.92. The number of carbonyl (C=O) groups is 1. The van der Waals surface area contributed by atoms with Crippen molar-refractivity contribution in [2.45, 2.75) is 58.9 Å². The molecule has 0 aromatic carbocycles. The number of nitrogens with two attached hydrogens (primary N) is 1. The summed E-state index contributed by atoms with van der Waals surface area (Å²) >= 11 is 0. The summed E-state index contributed by atoms with van der Waals surface area (Å²) in [6.07, 6.45) is 8.84. The number of anilines is 1. The minimum Gasteiger partial charge on any atom is -0.369 e. The highest BCUT2D eigenvalue weighted by atomic mass is 127. The van der Waals surface area contributed by atoms with E-state index in [4.69, 9.17) is 5.73 Å². The molecule has 1 aromatic heterocycles. The number of guanidine groups is 1. The molecule has 0 radical (unpaired) electrons. The van der Waals surface area contributed by atoms with Crippen LogP contribution in [0.15, 0.2) is 23.3 Å². The van der Waals surface area contributed by atoms with E-state index in [0.717, 1.165) is 43.3 Å². The number of rotatable bonds is 8. The Morgan fingerprint density at radius 3 is 2.74 bits per heavy atom. The molecule has 31 heavy (non-hydrogen) atoms. The minimum absolute atomic E-state index is 0. The number of piperidine rings is 1. The Morgan fingerprint density at radius 1 is 1.35 bits per heavy atom. The zero-order valence-corrected chi connectivity index (χ0v) is 21.5. The van der Waals surface area contributed by atoms with E-state index in [9.17, 15) is 4.79 Å². The molecule has 174 valence electrons. The summed E-state index contributed by atoms with van der Waals surface area (Å²) in [5.74, 6) is 2.16. The molecule has 3 rings (SSSR count). The first-order valence-electron chi connectivity index (χ1n) is 11.3. The first kappa shape index (κ1) is 25.7. The molecule has 2 aliphatic rings. The maximum atomic E-state index is 11.7. The van der Waals surface area contributed by atoms with E-state index in [2.05, 4.69) is 45.4 Å². The van der Waals surface area contributed by atoms with Gasteiger partial charge in [0.2, 0.25) is 5.91 Å². The van der Waals surface area contributed by atoms with Crippen molar-refractivity contribution in [3.63, 3.8) is 0 Å². The summed E-state index contributed by atoms with van der Waals surface area (Å²) in [7, 11) is 1.82. The number of hydrogen-bond acceptors (Lipinski definition) is 4. The van der Waals surface area contributed by atoms with Gasteiger partial charge >= 0.3 is 0 Å². The topological polar surface area (TPSA) is 95.6 Å². The molecule has 1 aliphatic heterocycles. The van der Waals surface area contributed by atoms with Crippen LogP contribution in [-0.2, 0) is 11.3 Å². The lowest BCUT2D eigenvalue weighted by molar-refractivity contribution is -0.122. The average Bonchev–Trinajstić information content (AvgIpc) is 2.71. The molecule has 1 aliphatic carbocycles. The molecule has 4 N–H and O–H groups in total. The van der Waals surface area contributed by atoms with Crippen LogP contribution in [0.1, 0.15) is 57.9 Å². The van der Waals surface area contributed by atoms with Crippen LogP contribution in [0.3, 0.4) is 0 Å². The van der Waals surface area contributed by atoms with Gasteiger partial charge in [-0.2, -0.15) is 0 Å². The third kappa shape index (κ3) is 6.95. The SMILES string of the molecule is CN=C(NCc1cccnc1N1CCCC(C(N)=O)C1)NCC1(CC(C)C)CCC1.I. The minimum atomic E-state index is -0.216. The molecule has 2 fully saturated rings. The van der Waals surface area contributed by atoms with Crippen molar-refractivity contribution in [1.82, 2.24) is 15.6 Å². The fourth-order valence-corrected chi connectivity index (χ4v) is 4.92. The zero-order chi connectivity index (χ0) is 21.6. The van der Waals surface area contributed by atoms with Gasteiger partial charge in [-0.15, -0.1) is 24.0 Å². The van der Waals surface area contributed by atoms with Gasteiger partial charge in [-0.25, -0.2) is 4.98 Å². The van der Waals surface area contributed by atoms with Crippen LogP contribution in [0.4, 0.5) is 5.82 Å². The number of hydrogen-bond donors (Lipinski definition) is 3. The van der Waals surface area contributed by atoms with Crippen LogP contribution in [-0.4, -0.2) is 43.5 Å². The standard InChI is InChI=1S/C23H38N6O.HI/c1-17(2)13-23(9-6-10-23)16-28-22(25-3)27-14-18-7-4-11-26-21(18)29-12-5-8-19(15-29)20(24)30;/h4,7,11,17,19H,5-6,8-10,12-16H2,1-3H3,(H2,24,30)(H2,25,27,28);1H. The molecule has 1 saturated heterocycles. The van der Waals surface area contributed by atoms with Crippen LogP contribution in [0, 0.1) is 17.3 Å². The summed E-state index contributed by atoms with van der Waals surface area (Å²) in [6, 6.07) is 4.04. The van der Waals surface area contributed by atoms with Gasteiger partial charge in [-0.1, -0.05) is 26.3 Å². The van der Waals surface area contributed by atoms with Crippen molar-refractivity contribution in [3.8, 4) is 0 Å². The average molecular weight is 543 g/mol. The molecule has 7 nitrogen and oxygen atoms in total. The molecule has 1 saturated carbocycles. The third-order valence-electron chi connectivity index (χ3n) is 6.55. The lowest BCUT2D eigenvalue weighted by Crippen LogP contribution is -2.47. The summed E-state index contributed by atoms with van der Waals surface area (Å²) in [5, 5.41) is 7.01. The lowest BCUT2D eigenvalue weighted by Gasteiger charge is -2.43. The highest BCUT2D eigenvalue weighted by molar-refractivity contribution is 14.0. The number of aliphatic imine (C=N–C) groups is 1. The van der Waals surface area contributed by atoms with E-state index >= 15 is 0 Å². The van der Waals surface area contributed by atoms with Crippen LogP contribution in [0.25, 0.3) is 0 Å². The van der Waals surface area contributed by atoms with Gasteiger partial charge in [-0.3, -0.25) is 9.79 Å². The Kier molecular flexibility index (Phi) is 9.84. The Labute approximate surface area is 204 Å². The quantitative estimate of drug-likeness (QED) is 0.266. The van der Waals surface area contributed by atoms with Crippen LogP contribution in [0.5, 0.6) is 0 Å². The number of carbonyl (C=O) groups excluding carboxylic acids is 1. The summed E-state index contributed by atoms with van der Waals surface area (Å²) in [5.41, 5.74) is 7.08. The van der Waals surface area contributed by atoms with Crippen molar-refractivity contribution < 1.29 is 4.79 Å². The first-order valence-corrected chi connectivity index (χ1v) is 11.3. The highest BCUT2D eigenvalue weighted by Gasteiger charge is 2.37. The van der Waals surface area contributed by atoms with Crippen molar-refractivity contribution in [3.05, 3.63) is 23.9 Å². The van der Waals surface area contributed by atoms with Gasteiger partial charge in [0.05, 0.1) is 5.92 Å². The normalized spacial score (nSPS) is 20.6. The van der Waals surface area contributed by atoms with Gasteiger partial charge in [0.25, 0.3) is 0 Å². The first-order chi connectivity index (χ1) is 14.4. The van der Waals surface area contributed by atoms with Crippen molar-refractivity contribution in [2.24, 2.45) is 28.0 Å². The lowest BCUT2D eigenvalue weighted by atomic mass is 9.64. The Bertz CT molecular complexity index is 749. The summed E-state index contributed by atoms with van der Waals surface area (Å²) in [6.45, 7) is 7.76. The number of nitrogens with zero attached hydrogens (tertiary/aromatic N) is 3. The summed E-state index contributed by atoms with van der Waals surface area (Å²) in [4.78, 5) is 22.9. The monoisotopic (exact) mass is 542 g/mol. The Hall–Kier alpha value is -1.58. The van der Waals surface area contributed by atoms with Gasteiger partial charge in [-0.05, 0) is 49.5 Å². The highest BCUT2D eigenvalue weighted by Crippen LogP contribution is 2.45. The van der Waals surface area contributed by atoms with Crippen molar-refractivity contribution in [1.29, 1.82) is 0 Å². The van der Waals surface area contributed by atoms with Crippen LogP contribution in [0.2, 0.25) is 0 Å². The molecular formula is C23H39IN6O. The second-order valence-electron chi connectivity index (χ2n) is 9.40. The fraction of sp³-hybridized carbons (Fsp3) is 0.696. The Balaban J connectivity index is 0.00000341. The summed E-state index contributed by atoms with van der Waals surface area (Å²) < 4.78 is 0. The van der Waals surface area contributed by atoms with Crippen molar-refractivity contribution >= 4 is 41.7 Å². The molecule has 1 atom stereocenters. The van der Waals surface area contributed by atoms with E-state index in [-0.39, 0.29) is 35.8 Å². The molecule has 8 heteroatoms. The Morgan fingerprint density at radius 2 is 2.13 bits per heavy atom. The molecule has 1 aromatic rings. The van der Waals surface area contributed by atoms with Gasteiger partial charge in [0.1, 0.15) is 5.82 Å². The number of halogens is 1. The predicted molar refractivity (Wildman–Crippen MR) is 138 cm³/mol. The molecule has 2 heterocycles. The van der Waals surface area contributed by atoms with E-state index in [0.29, 0.717) is 24.4 Å². The molecule has 0 bridgehead atoms. The van der Waals surface area contributed by atoms with E-state index in [1.54, 1.807) is 0 Å². The van der Waals surface area contributed by atoms with Gasteiger partial charge in [0, 0.05) is 45.0 Å². The largest absolute Gasteiger partial charge is 0.369 e. The smallest absolute Gasteiger partial charge is 0.222 e. The van der Waals surface area contributed by atoms with E-state index in [1.807, 2.05) is 19.3 Å². The van der Waals surface area contributed by atoms with Crippen molar-refractivity contribution in [2.75, 3.05) is 31.6 Å². The molecule has 1 unspecified atom stereocenters. The number of aromatic nitrogens is 1. The molecular weight excluding hydrogens is 503 g/mol. The van der Waals surface area contributed by atoms with Gasteiger partial charge in [0.15, 0.2) is 5.96 Å². The molecule has 1 amide bonds. The van der Waals surface area contributed by atoms with E-state index in [1.165, 1.54) is 25.7 Å². The third-order valence-corrected chi connectivity index (χ3v) is 6.55. The maximum Gasteiger partial charge on any atom is 0.222 e. The number of amides is 1. The second kappa shape index (κ2) is 11.9. The van der Waals surface area contributed by atoms with Gasteiger partial charge < -0.3 is 21.3 Å². The maximum absolute atomic E-state index is 11.7. The molecule has 0 spiro atoms. The number of primary amides is 1. The predicted octanol–water partition coefficient (Wildman–Crippen LogP) is 3.28. The number of pyridine rings is 1. The zero-order valence-electron chi connectivity index (χ0n) is 19.2.